The summed E-state index contributed by atoms with van der Waals surface area (Å²) in [5.41, 5.74) is 0.963. The quantitative estimate of drug-likeness (QED) is 0.690. The molecule has 0 aromatic heterocycles. The summed E-state index contributed by atoms with van der Waals surface area (Å²) in [4.78, 5) is 14.0. The number of ether oxygens (including phenoxy) is 3. The highest BCUT2D eigenvalue weighted by Crippen LogP contribution is 2.38. The van der Waals surface area contributed by atoms with Crippen molar-refractivity contribution < 1.29 is 27.8 Å². The highest BCUT2D eigenvalue weighted by Gasteiger charge is 2.19. The molecule has 29 heavy (non-hydrogen) atoms. The Morgan fingerprint density at radius 1 is 1.07 bits per heavy atom. The van der Waals surface area contributed by atoms with Gasteiger partial charge in [0.25, 0.3) is 0 Å². The number of hydrogen-bond donors (Lipinski definition) is 1. The number of nitrogens with one attached hydrogen (secondary N) is 1. The van der Waals surface area contributed by atoms with Crippen molar-refractivity contribution in [3.8, 4) is 17.2 Å². The van der Waals surface area contributed by atoms with E-state index in [0.29, 0.717) is 17.2 Å². The van der Waals surface area contributed by atoms with Crippen LogP contribution in [0.3, 0.4) is 0 Å². The molecule has 0 aliphatic carbocycles. The maximum atomic E-state index is 14.0. The molecule has 0 saturated carbocycles. The average molecular weight is 408 g/mol. The van der Waals surface area contributed by atoms with E-state index in [4.69, 9.17) is 14.2 Å². The molecule has 0 fully saturated rings. The molecule has 6 nitrogen and oxygen atoms in total. The number of nitrogens with zero attached hydrogens (tertiary/aromatic N) is 1. The highest BCUT2D eigenvalue weighted by atomic mass is 19.1. The van der Waals surface area contributed by atoms with E-state index >= 15 is 0 Å². The topological polar surface area (TPSA) is 60.0 Å². The lowest BCUT2D eigenvalue weighted by atomic mass is 10.1. The summed E-state index contributed by atoms with van der Waals surface area (Å²) in [6.45, 7) is 1.97. The molecule has 0 spiro atoms. The zero-order chi connectivity index (χ0) is 21.6. The lowest BCUT2D eigenvalue weighted by molar-refractivity contribution is -0.122. The van der Waals surface area contributed by atoms with Crippen LogP contribution in [0.5, 0.6) is 17.2 Å². The van der Waals surface area contributed by atoms with Crippen LogP contribution in [0, 0.1) is 11.6 Å². The predicted octanol–water partition coefficient (Wildman–Crippen LogP) is 3.30. The molecule has 1 N–H and O–H groups in total. The van der Waals surface area contributed by atoms with Gasteiger partial charge < -0.3 is 19.5 Å². The van der Waals surface area contributed by atoms with Gasteiger partial charge in [0, 0.05) is 18.2 Å². The largest absolute Gasteiger partial charge is 0.493 e. The number of methoxy groups -OCH3 is 3. The summed E-state index contributed by atoms with van der Waals surface area (Å²) in [7, 11) is 6.22. The van der Waals surface area contributed by atoms with Gasteiger partial charge in [-0.25, -0.2) is 8.78 Å². The zero-order valence-corrected chi connectivity index (χ0v) is 17.2. The van der Waals surface area contributed by atoms with E-state index in [1.807, 2.05) is 0 Å². The Hall–Kier alpha value is -2.87. The molecule has 0 saturated heterocycles. The van der Waals surface area contributed by atoms with Crippen LogP contribution in [0.4, 0.5) is 8.78 Å². The summed E-state index contributed by atoms with van der Waals surface area (Å²) in [6.07, 6.45) is 0. The smallest absolute Gasteiger partial charge is 0.234 e. The van der Waals surface area contributed by atoms with Gasteiger partial charge in [0.15, 0.2) is 11.5 Å². The maximum Gasteiger partial charge on any atom is 0.234 e. The fourth-order valence-electron chi connectivity index (χ4n) is 2.93. The van der Waals surface area contributed by atoms with Crippen molar-refractivity contribution in [1.29, 1.82) is 0 Å². The van der Waals surface area contributed by atoms with Crippen LogP contribution in [-0.4, -0.2) is 45.7 Å². The molecular formula is C21H26F2N2O4. The standard InChI is InChI=1S/C21H26F2N2O4/c1-13(16-10-15(22)6-7-17(16)23)25(2)12-20(26)24-11-14-8-18(27-3)21(29-5)19(9-14)28-4/h6-10,13H,11-12H2,1-5H3,(H,24,26). The van der Waals surface area contributed by atoms with Crippen LogP contribution in [0.15, 0.2) is 30.3 Å². The Bertz CT molecular complexity index is 836. The van der Waals surface area contributed by atoms with Gasteiger partial charge in [-0.05, 0) is 49.9 Å². The molecule has 2 rings (SSSR count). The van der Waals surface area contributed by atoms with Crippen LogP contribution in [0.2, 0.25) is 0 Å². The summed E-state index contributed by atoms with van der Waals surface area (Å²) in [5, 5.41) is 2.80. The van der Waals surface area contributed by atoms with E-state index in [9.17, 15) is 13.6 Å². The third-order valence-electron chi connectivity index (χ3n) is 4.68. The van der Waals surface area contributed by atoms with Crippen molar-refractivity contribution in [1.82, 2.24) is 10.2 Å². The van der Waals surface area contributed by atoms with Gasteiger partial charge in [0.2, 0.25) is 11.7 Å². The first kappa shape index (κ1) is 22.4. The second-order valence-electron chi connectivity index (χ2n) is 6.57. The number of amides is 1. The summed E-state index contributed by atoms with van der Waals surface area (Å²) in [5.74, 6) is 0.157. The van der Waals surface area contributed by atoms with Gasteiger partial charge in [-0.1, -0.05) is 0 Å². The number of hydrogen-bond acceptors (Lipinski definition) is 5. The predicted molar refractivity (Wildman–Crippen MR) is 105 cm³/mol. The Kier molecular flexibility index (Phi) is 7.78. The first-order chi connectivity index (χ1) is 13.8. The molecule has 0 bridgehead atoms. The van der Waals surface area contributed by atoms with E-state index in [0.717, 1.165) is 23.8 Å². The fraction of sp³-hybridized carbons (Fsp3) is 0.381. The number of benzene rings is 2. The van der Waals surface area contributed by atoms with Crippen LogP contribution in [0.1, 0.15) is 24.1 Å². The number of likely N-dealkylation sites (N-methyl/N-ethyl adjacent to an activating group) is 1. The van der Waals surface area contributed by atoms with Crippen molar-refractivity contribution in [2.24, 2.45) is 0 Å². The molecule has 1 amide bonds. The fourth-order valence-corrected chi connectivity index (χ4v) is 2.93. The Labute approximate surface area is 169 Å². The van der Waals surface area contributed by atoms with Crippen LogP contribution in [0.25, 0.3) is 0 Å². The van der Waals surface area contributed by atoms with Crippen molar-refractivity contribution in [2.45, 2.75) is 19.5 Å². The van der Waals surface area contributed by atoms with Crippen molar-refractivity contribution >= 4 is 5.91 Å². The van der Waals surface area contributed by atoms with Gasteiger partial charge in [-0.3, -0.25) is 9.69 Å². The summed E-state index contributed by atoms with van der Waals surface area (Å²) < 4.78 is 43.3. The summed E-state index contributed by atoms with van der Waals surface area (Å²) >= 11 is 0. The van der Waals surface area contributed by atoms with Gasteiger partial charge >= 0.3 is 0 Å². The van der Waals surface area contributed by atoms with Crippen molar-refractivity contribution in [2.75, 3.05) is 34.9 Å². The summed E-state index contributed by atoms with van der Waals surface area (Å²) in [6, 6.07) is 6.31. The minimum atomic E-state index is -0.520. The van der Waals surface area contributed by atoms with Crippen molar-refractivity contribution in [3.63, 3.8) is 0 Å². The van der Waals surface area contributed by atoms with E-state index in [1.165, 1.54) is 21.3 Å². The second-order valence-corrected chi connectivity index (χ2v) is 6.57. The SMILES string of the molecule is COc1cc(CNC(=O)CN(C)C(C)c2cc(F)ccc2F)cc(OC)c1OC. The van der Waals surface area contributed by atoms with Gasteiger partial charge in [0.05, 0.1) is 27.9 Å². The Morgan fingerprint density at radius 3 is 2.24 bits per heavy atom. The lowest BCUT2D eigenvalue weighted by Gasteiger charge is -2.25. The minimum Gasteiger partial charge on any atom is -0.493 e. The molecule has 0 heterocycles. The normalized spacial score (nSPS) is 11.9. The molecule has 0 radical (unpaired) electrons. The lowest BCUT2D eigenvalue weighted by Crippen LogP contribution is -2.36. The average Bonchev–Trinajstić information content (AvgIpc) is 2.72. The van der Waals surface area contributed by atoms with Gasteiger partial charge in [-0.2, -0.15) is 0 Å². The maximum absolute atomic E-state index is 14.0. The molecule has 0 aliphatic heterocycles. The Morgan fingerprint density at radius 2 is 1.69 bits per heavy atom. The van der Waals surface area contributed by atoms with Gasteiger partial charge in [-0.15, -0.1) is 0 Å². The van der Waals surface area contributed by atoms with Crippen LogP contribution in [-0.2, 0) is 11.3 Å². The van der Waals surface area contributed by atoms with E-state index in [2.05, 4.69) is 5.32 Å². The molecule has 1 unspecified atom stereocenters. The first-order valence-electron chi connectivity index (χ1n) is 9.01. The van der Waals surface area contributed by atoms with Crippen molar-refractivity contribution in [3.05, 3.63) is 53.1 Å². The van der Waals surface area contributed by atoms with Crippen LogP contribution < -0.4 is 19.5 Å². The minimum absolute atomic E-state index is 0.0154. The highest BCUT2D eigenvalue weighted by molar-refractivity contribution is 5.78. The van der Waals surface area contributed by atoms with E-state index in [1.54, 1.807) is 31.0 Å². The molecular weight excluding hydrogens is 382 g/mol. The monoisotopic (exact) mass is 408 g/mol. The van der Waals surface area contributed by atoms with E-state index < -0.39 is 17.7 Å². The Balaban J connectivity index is 2.01. The number of carbonyl (C=O) groups is 1. The third-order valence-corrected chi connectivity index (χ3v) is 4.68. The zero-order valence-electron chi connectivity index (χ0n) is 17.2. The number of carbonyl (C=O) groups excluding carboxylic acids is 1. The molecule has 2 aromatic rings. The second kappa shape index (κ2) is 10.1. The molecule has 0 aliphatic rings. The van der Waals surface area contributed by atoms with E-state index in [-0.39, 0.29) is 24.6 Å². The molecule has 1 atom stereocenters. The molecule has 158 valence electrons. The molecule has 8 heteroatoms. The number of halogens is 2. The molecule has 2 aromatic carbocycles. The van der Waals surface area contributed by atoms with Crippen LogP contribution >= 0.6 is 0 Å². The number of rotatable bonds is 9. The first-order valence-corrected chi connectivity index (χ1v) is 9.01. The third kappa shape index (κ3) is 5.57. The van der Waals surface area contributed by atoms with Gasteiger partial charge in [0.1, 0.15) is 11.6 Å².